The van der Waals surface area contributed by atoms with Crippen molar-refractivity contribution in [1.29, 1.82) is 0 Å². The van der Waals surface area contributed by atoms with E-state index in [9.17, 15) is 9.18 Å². The lowest BCUT2D eigenvalue weighted by molar-refractivity contribution is -0.0228. The number of ether oxygens (including phenoxy) is 1. The maximum absolute atomic E-state index is 13.8. The van der Waals surface area contributed by atoms with Crippen molar-refractivity contribution in [2.45, 2.75) is 12.6 Å². The highest BCUT2D eigenvalue weighted by Gasteiger charge is 2.28. The maximum Gasteiger partial charge on any atom is 0.254 e. The van der Waals surface area contributed by atoms with Gasteiger partial charge in [-0.1, -0.05) is 35.3 Å². The van der Waals surface area contributed by atoms with Gasteiger partial charge in [-0.3, -0.25) is 4.79 Å². The monoisotopic (exact) mass is 382 g/mol. The van der Waals surface area contributed by atoms with Crippen molar-refractivity contribution in [3.8, 4) is 0 Å². The smallest absolute Gasteiger partial charge is 0.254 e. The molecule has 1 amide bonds. The van der Waals surface area contributed by atoms with Crippen LogP contribution in [0, 0.1) is 5.82 Å². The number of rotatable bonds is 3. The summed E-state index contributed by atoms with van der Waals surface area (Å²) in [5, 5.41) is 0.274. The van der Waals surface area contributed by atoms with Crippen molar-refractivity contribution in [3.05, 3.63) is 69.0 Å². The van der Waals surface area contributed by atoms with E-state index in [-0.39, 0.29) is 17.5 Å². The van der Waals surface area contributed by atoms with Crippen molar-refractivity contribution < 1.29 is 13.9 Å². The van der Waals surface area contributed by atoms with Crippen LogP contribution in [-0.2, 0) is 11.3 Å². The molecule has 1 fully saturated rings. The van der Waals surface area contributed by atoms with Gasteiger partial charge in [0.25, 0.3) is 5.91 Å². The average molecular weight is 383 g/mol. The van der Waals surface area contributed by atoms with Crippen LogP contribution in [0.1, 0.15) is 27.6 Å². The molecule has 0 saturated carbocycles. The van der Waals surface area contributed by atoms with E-state index in [1.165, 1.54) is 12.1 Å². The SMILES string of the molecule is NCc1ccc(C(=O)N2CCO[C@H](c3cc(F)c(Cl)cc3Cl)C2)cc1. The van der Waals surface area contributed by atoms with Crippen molar-refractivity contribution in [3.63, 3.8) is 0 Å². The van der Waals surface area contributed by atoms with Crippen LogP contribution >= 0.6 is 23.2 Å². The quantitative estimate of drug-likeness (QED) is 0.821. The predicted molar refractivity (Wildman–Crippen MR) is 95.3 cm³/mol. The molecule has 1 heterocycles. The molecule has 132 valence electrons. The third kappa shape index (κ3) is 3.96. The molecular weight excluding hydrogens is 366 g/mol. The summed E-state index contributed by atoms with van der Waals surface area (Å²) in [6.45, 7) is 1.52. The number of amides is 1. The van der Waals surface area contributed by atoms with Crippen LogP contribution in [0.3, 0.4) is 0 Å². The molecule has 1 saturated heterocycles. The third-order valence-electron chi connectivity index (χ3n) is 4.18. The van der Waals surface area contributed by atoms with Crippen molar-refractivity contribution >= 4 is 29.1 Å². The van der Waals surface area contributed by atoms with Crippen LogP contribution in [0.2, 0.25) is 10.0 Å². The molecule has 25 heavy (non-hydrogen) atoms. The third-order valence-corrected chi connectivity index (χ3v) is 4.79. The van der Waals surface area contributed by atoms with Gasteiger partial charge < -0.3 is 15.4 Å². The number of benzene rings is 2. The standard InChI is InChI=1S/C18H17Cl2FN2O2/c19-14-8-15(20)16(21)7-13(14)17-10-23(5-6-25-17)18(24)12-3-1-11(9-22)2-4-12/h1-4,7-8,17H,5-6,9-10,22H2/t17-/m0/s1. The van der Waals surface area contributed by atoms with Gasteiger partial charge in [-0.15, -0.1) is 0 Å². The predicted octanol–water partition coefficient (Wildman–Crippen LogP) is 3.80. The van der Waals surface area contributed by atoms with E-state index in [4.69, 9.17) is 33.7 Å². The van der Waals surface area contributed by atoms with Gasteiger partial charge in [0.15, 0.2) is 0 Å². The molecule has 1 aliphatic heterocycles. The normalized spacial score (nSPS) is 17.6. The van der Waals surface area contributed by atoms with E-state index in [0.717, 1.165) is 5.56 Å². The van der Waals surface area contributed by atoms with Gasteiger partial charge in [-0.05, 0) is 29.8 Å². The minimum absolute atomic E-state index is 0.0440. The molecule has 2 N–H and O–H groups in total. The zero-order valence-corrected chi connectivity index (χ0v) is 14.9. The molecule has 7 heteroatoms. The fraction of sp³-hybridized carbons (Fsp3) is 0.278. The summed E-state index contributed by atoms with van der Waals surface area (Å²) >= 11 is 11.9. The Hall–Kier alpha value is -1.66. The molecular formula is C18H17Cl2FN2O2. The molecule has 3 rings (SSSR count). The van der Waals surface area contributed by atoms with Crippen molar-refractivity contribution in [1.82, 2.24) is 4.90 Å². The zero-order chi connectivity index (χ0) is 18.0. The summed E-state index contributed by atoms with van der Waals surface area (Å²) < 4.78 is 19.5. The molecule has 0 aromatic heterocycles. The largest absolute Gasteiger partial charge is 0.370 e. The van der Waals surface area contributed by atoms with E-state index in [1.54, 1.807) is 17.0 Å². The number of hydrogen-bond acceptors (Lipinski definition) is 3. The van der Waals surface area contributed by atoms with Crippen LogP contribution in [0.4, 0.5) is 4.39 Å². The van der Waals surface area contributed by atoms with E-state index in [1.807, 2.05) is 12.1 Å². The first-order valence-electron chi connectivity index (χ1n) is 7.84. The topological polar surface area (TPSA) is 55.6 Å². The molecule has 0 bridgehead atoms. The Morgan fingerprint density at radius 2 is 1.96 bits per heavy atom. The number of nitrogens with two attached hydrogens (primary N) is 1. The Morgan fingerprint density at radius 3 is 2.64 bits per heavy atom. The molecule has 1 aliphatic rings. The van der Waals surface area contributed by atoms with Gasteiger partial charge in [0.05, 0.1) is 18.2 Å². The first-order chi connectivity index (χ1) is 12.0. The molecule has 0 unspecified atom stereocenters. The molecule has 2 aromatic rings. The summed E-state index contributed by atoms with van der Waals surface area (Å²) in [6, 6.07) is 9.78. The highest BCUT2D eigenvalue weighted by Crippen LogP contribution is 2.32. The Balaban J connectivity index is 1.78. The highest BCUT2D eigenvalue weighted by atomic mass is 35.5. The van der Waals surface area contributed by atoms with Gasteiger partial charge in [-0.25, -0.2) is 4.39 Å². The van der Waals surface area contributed by atoms with E-state index in [0.29, 0.717) is 35.8 Å². The summed E-state index contributed by atoms with van der Waals surface area (Å²) in [5.41, 5.74) is 7.59. The first-order valence-corrected chi connectivity index (χ1v) is 8.59. The number of nitrogens with zero attached hydrogens (tertiary/aromatic N) is 1. The number of carbonyl (C=O) groups is 1. The number of halogens is 3. The lowest BCUT2D eigenvalue weighted by Gasteiger charge is -2.33. The summed E-state index contributed by atoms with van der Waals surface area (Å²) in [6.07, 6.45) is -0.500. The maximum atomic E-state index is 13.8. The van der Waals surface area contributed by atoms with Crippen LogP contribution < -0.4 is 5.73 Å². The highest BCUT2D eigenvalue weighted by molar-refractivity contribution is 6.35. The summed E-state index contributed by atoms with van der Waals surface area (Å²) in [4.78, 5) is 14.4. The van der Waals surface area contributed by atoms with Crippen molar-refractivity contribution in [2.24, 2.45) is 5.73 Å². The Bertz CT molecular complexity index is 783. The Kier molecular flexibility index (Phi) is 5.59. The molecule has 0 spiro atoms. The van der Waals surface area contributed by atoms with Crippen LogP contribution in [0.15, 0.2) is 36.4 Å². The second-order valence-corrected chi connectivity index (χ2v) is 6.61. The van der Waals surface area contributed by atoms with E-state index < -0.39 is 11.9 Å². The number of carbonyl (C=O) groups excluding carboxylic acids is 1. The van der Waals surface area contributed by atoms with Crippen LogP contribution in [-0.4, -0.2) is 30.5 Å². The molecule has 2 aromatic carbocycles. The lowest BCUT2D eigenvalue weighted by atomic mass is 10.1. The summed E-state index contributed by atoms with van der Waals surface area (Å²) in [7, 11) is 0. The first kappa shape index (κ1) is 18.1. The van der Waals surface area contributed by atoms with Crippen LogP contribution in [0.25, 0.3) is 0 Å². The van der Waals surface area contributed by atoms with Crippen molar-refractivity contribution in [2.75, 3.05) is 19.7 Å². The van der Waals surface area contributed by atoms with E-state index in [2.05, 4.69) is 0 Å². The second kappa shape index (κ2) is 7.70. The van der Waals surface area contributed by atoms with Gasteiger partial charge in [-0.2, -0.15) is 0 Å². The average Bonchev–Trinajstić information content (AvgIpc) is 2.64. The Morgan fingerprint density at radius 1 is 1.24 bits per heavy atom. The fourth-order valence-electron chi connectivity index (χ4n) is 2.77. The summed E-state index contributed by atoms with van der Waals surface area (Å²) in [5.74, 6) is -0.673. The van der Waals surface area contributed by atoms with Gasteiger partial charge in [0.1, 0.15) is 11.9 Å². The Labute approximate surface area is 155 Å². The van der Waals surface area contributed by atoms with E-state index >= 15 is 0 Å². The molecule has 0 aliphatic carbocycles. The molecule has 0 radical (unpaired) electrons. The molecule has 4 nitrogen and oxygen atoms in total. The second-order valence-electron chi connectivity index (χ2n) is 5.80. The van der Waals surface area contributed by atoms with Gasteiger partial charge >= 0.3 is 0 Å². The minimum atomic E-state index is -0.564. The molecule has 1 atom stereocenters. The number of morpholine rings is 1. The fourth-order valence-corrected chi connectivity index (χ4v) is 3.28. The van der Waals surface area contributed by atoms with Gasteiger partial charge in [0, 0.05) is 29.2 Å². The van der Waals surface area contributed by atoms with Gasteiger partial charge in [0.2, 0.25) is 0 Å². The number of hydrogen-bond donors (Lipinski definition) is 1. The lowest BCUT2D eigenvalue weighted by Crippen LogP contribution is -2.42. The minimum Gasteiger partial charge on any atom is -0.370 e. The van der Waals surface area contributed by atoms with Crippen LogP contribution in [0.5, 0.6) is 0 Å². The zero-order valence-electron chi connectivity index (χ0n) is 13.3.